The highest BCUT2D eigenvalue weighted by Gasteiger charge is 2.27. The summed E-state index contributed by atoms with van der Waals surface area (Å²) in [4.78, 5) is 53.3. The number of fused-ring (bicyclic) bond motifs is 1. The minimum Gasteiger partial charge on any atom is -0.497 e. The Morgan fingerprint density at radius 1 is 1.09 bits per heavy atom. The molecule has 0 radical (unpaired) electrons. The molecule has 6 rings (SSSR count). The number of methoxy groups -OCH3 is 1. The minimum atomic E-state index is -0.473. The molecule has 56 heavy (non-hydrogen) atoms. The van der Waals surface area contributed by atoms with Gasteiger partial charge >= 0.3 is 6.09 Å². The lowest BCUT2D eigenvalue weighted by Gasteiger charge is -2.34. The van der Waals surface area contributed by atoms with Gasteiger partial charge in [-0.05, 0) is 60.0 Å². The van der Waals surface area contributed by atoms with Crippen LogP contribution in [0.25, 0.3) is 17.8 Å². The van der Waals surface area contributed by atoms with E-state index in [2.05, 4.69) is 72.9 Å². The molecule has 4 aromatic heterocycles. The van der Waals surface area contributed by atoms with E-state index in [1.807, 2.05) is 34.5 Å². The molecule has 0 saturated carbocycles. The molecule has 0 aliphatic carbocycles. The van der Waals surface area contributed by atoms with Gasteiger partial charge in [0.25, 0.3) is 11.5 Å². The highest BCUT2D eigenvalue weighted by Crippen LogP contribution is 2.27. The van der Waals surface area contributed by atoms with E-state index in [1.165, 1.54) is 26.7 Å². The van der Waals surface area contributed by atoms with Gasteiger partial charge < -0.3 is 24.2 Å². The van der Waals surface area contributed by atoms with Gasteiger partial charge in [-0.25, -0.2) is 14.8 Å². The smallest absolute Gasteiger partial charge is 0.407 e. The van der Waals surface area contributed by atoms with Crippen molar-refractivity contribution in [2.24, 2.45) is 0 Å². The molecule has 17 heteroatoms. The Bertz CT molecular complexity index is 2250. The number of rotatable bonds is 13. The zero-order valence-electron chi connectivity index (χ0n) is 33.0. The van der Waals surface area contributed by atoms with Crippen LogP contribution in [0.4, 0.5) is 15.7 Å². The quantitative estimate of drug-likeness (QED) is 0.125. The Morgan fingerprint density at radius 2 is 1.88 bits per heavy atom. The summed E-state index contributed by atoms with van der Waals surface area (Å²) in [6, 6.07) is 10.7. The van der Waals surface area contributed by atoms with Crippen molar-refractivity contribution in [3.8, 4) is 5.75 Å². The van der Waals surface area contributed by atoms with Crippen LogP contribution in [0.5, 0.6) is 5.75 Å². The van der Waals surface area contributed by atoms with Crippen LogP contribution in [-0.2, 0) is 16.7 Å². The van der Waals surface area contributed by atoms with Gasteiger partial charge in [0.1, 0.15) is 23.3 Å². The van der Waals surface area contributed by atoms with E-state index in [0.717, 1.165) is 34.5 Å². The number of carbonyl (C=O) groups excluding carboxylic acids is 2. The summed E-state index contributed by atoms with van der Waals surface area (Å²) in [5, 5.41) is 21.0. The van der Waals surface area contributed by atoms with Gasteiger partial charge in [-0.15, -0.1) is 21.5 Å². The molecule has 1 aliphatic rings. The molecule has 16 nitrogen and oxygen atoms in total. The molecule has 1 aromatic carbocycles. The van der Waals surface area contributed by atoms with Crippen molar-refractivity contribution < 1.29 is 23.5 Å². The Balaban J connectivity index is 1.26. The van der Waals surface area contributed by atoms with E-state index >= 15 is 0 Å². The molecule has 296 valence electrons. The fraction of sp³-hybridized carbons (Fsp3) is 0.436. The number of hydrogen-bond donors (Lipinski definition) is 2. The van der Waals surface area contributed by atoms with Gasteiger partial charge in [0.05, 0.1) is 59.1 Å². The number of nitrogens with zero attached hydrogens (tertiary/aromatic N) is 9. The highest BCUT2D eigenvalue weighted by atomic mass is 32.1. The maximum absolute atomic E-state index is 14.2. The number of pyridine rings is 1. The van der Waals surface area contributed by atoms with Crippen LogP contribution in [-0.4, -0.2) is 112 Å². The third kappa shape index (κ3) is 10.3. The first kappa shape index (κ1) is 40.0. The summed E-state index contributed by atoms with van der Waals surface area (Å²) in [6.07, 6.45) is 6.09. The molecule has 1 aliphatic heterocycles. The third-order valence-corrected chi connectivity index (χ3v) is 9.94. The molecule has 0 unspecified atom stereocenters. The van der Waals surface area contributed by atoms with E-state index in [-0.39, 0.29) is 28.1 Å². The second kappa shape index (κ2) is 17.0. The lowest BCUT2D eigenvalue weighted by molar-refractivity contribution is -0.870. The second-order valence-electron chi connectivity index (χ2n) is 15.8. The number of piperidine rings is 1. The maximum atomic E-state index is 14.2. The van der Waals surface area contributed by atoms with Crippen LogP contribution in [0.1, 0.15) is 73.0 Å². The van der Waals surface area contributed by atoms with Gasteiger partial charge in [-0.1, -0.05) is 32.9 Å². The van der Waals surface area contributed by atoms with E-state index in [1.54, 1.807) is 31.4 Å². The van der Waals surface area contributed by atoms with Crippen LogP contribution >= 0.6 is 11.3 Å². The molecule has 1 atom stereocenters. The van der Waals surface area contributed by atoms with Crippen molar-refractivity contribution in [2.45, 2.75) is 58.1 Å². The zero-order valence-corrected chi connectivity index (χ0v) is 33.8. The van der Waals surface area contributed by atoms with Crippen molar-refractivity contribution in [3.63, 3.8) is 0 Å². The largest absolute Gasteiger partial charge is 0.497 e. The van der Waals surface area contributed by atoms with Crippen molar-refractivity contribution in [1.29, 1.82) is 0 Å². The number of quaternary nitrogens is 1. The first-order valence-corrected chi connectivity index (χ1v) is 19.5. The van der Waals surface area contributed by atoms with E-state index in [0.29, 0.717) is 61.4 Å². The number of ether oxygens (including phenoxy) is 2. The Morgan fingerprint density at radius 3 is 2.59 bits per heavy atom. The number of carbonyl (C=O) groups is 2. The topological polar surface area (TPSA) is 171 Å². The summed E-state index contributed by atoms with van der Waals surface area (Å²) in [7, 11) is 7.94. The fourth-order valence-corrected chi connectivity index (χ4v) is 7.05. The van der Waals surface area contributed by atoms with Gasteiger partial charge in [0.15, 0.2) is 11.0 Å². The van der Waals surface area contributed by atoms with E-state index in [9.17, 15) is 14.4 Å². The van der Waals surface area contributed by atoms with Crippen molar-refractivity contribution in [2.75, 3.05) is 64.6 Å². The lowest BCUT2D eigenvalue weighted by Crippen LogP contribution is -2.44. The van der Waals surface area contributed by atoms with Gasteiger partial charge in [-0.2, -0.15) is 4.80 Å². The molecular weight excluding hydrogens is 735 g/mol. The van der Waals surface area contributed by atoms with E-state index < -0.39 is 12.2 Å². The molecule has 1 saturated heterocycles. The Labute approximate surface area is 329 Å². The fourth-order valence-electron chi connectivity index (χ4n) is 6.12. The Kier molecular flexibility index (Phi) is 12.1. The SMILES string of the molecule is COc1ccc(Cn2nnc(C=Cc3c(N4CCC[C@@H](OC(=O)NCCC[N+](C)(C)C)C4)nc4cc(C(=O)Nc5nc(C(C)(C)C)cs5)ccn4c3=O)n2)cc1. The van der Waals surface area contributed by atoms with Gasteiger partial charge in [0, 0.05) is 42.1 Å². The maximum Gasteiger partial charge on any atom is 0.407 e. The van der Waals surface area contributed by atoms with Crippen LogP contribution < -0.4 is 25.8 Å². The number of hydrogen-bond acceptors (Lipinski definition) is 12. The number of aromatic nitrogens is 7. The molecule has 2 amide bonds. The summed E-state index contributed by atoms with van der Waals surface area (Å²) in [5.74, 6) is 1.07. The lowest BCUT2D eigenvalue weighted by atomic mass is 9.93. The van der Waals surface area contributed by atoms with Crippen molar-refractivity contribution in [3.05, 3.63) is 86.5 Å². The van der Waals surface area contributed by atoms with Gasteiger partial charge in [-0.3, -0.25) is 19.3 Å². The highest BCUT2D eigenvalue weighted by molar-refractivity contribution is 7.14. The molecule has 5 aromatic rings. The second-order valence-corrected chi connectivity index (χ2v) is 16.7. The molecule has 5 heterocycles. The van der Waals surface area contributed by atoms with Crippen LogP contribution in [0.15, 0.2) is 52.8 Å². The predicted molar refractivity (Wildman–Crippen MR) is 216 cm³/mol. The first-order chi connectivity index (χ1) is 26.6. The number of anilines is 2. The minimum absolute atomic E-state index is 0.159. The standard InChI is InChI=1S/C39H49N11O5S/c1-39(2,3)31-25-56-37(41-31)43-35(51)27-17-20-48-33(22-27)42-34(47-19-8-10-29(24-47)55-38(53)40-18-9-21-50(4,5)6)30(36(48)52)15-16-32-44-46-49(45-32)23-26-11-13-28(54-7)14-12-26/h11-17,20,22,25,29H,8-10,18-19,21,23-24H2,1-7H3,(H-,40,41,43,51,53)/p+1/t29-/m1/s1. The number of thiazole rings is 1. The summed E-state index contributed by atoms with van der Waals surface area (Å²) in [6.45, 7) is 8.90. The van der Waals surface area contributed by atoms with Crippen LogP contribution in [0.3, 0.4) is 0 Å². The van der Waals surface area contributed by atoms with Crippen LogP contribution in [0, 0.1) is 0 Å². The third-order valence-electron chi connectivity index (χ3n) is 9.18. The number of alkyl carbamates (subject to hydrolysis) is 1. The summed E-state index contributed by atoms with van der Waals surface area (Å²) >= 11 is 1.36. The summed E-state index contributed by atoms with van der Waals surface area (Å²) in [5.41, 5.74) is 2.22. The van der Waals surface area contributed by atoms with Crippen molar-refractivity contribution in [1.82, 2.24) is 39.9 Å². The average molecular weight is 785 g/mol. The zero-order chi connectivity index (χ0) is 40.0. The Hall–Kier alpha value is -5.68. The number of amides is 2. The number of benzene rings is 1. The van der Waals surface area contributed by atoms with Gasteiger partial charge in [0.2, 0.25) is 0 Å². The van der Waals surface area contributed by atoms with Crippen LogP contribution in [0.2, 0.25) is 0 Å². The molecule has 0 spiro atoms. The molecule has 2 N–H and O–H groups in total. The monoisotopic (exact) mass is 784 g/mol. The summed E-state index contributed by atoms with van der Waals surface area (Å²) < 4.78 is 13.3. The molecule has 0 bridgehead atoms. The average Bonchev–Trinajstić information content (AvgIpc) is 3.82. The molecular formula is C39H50N11O5S+. The molecule has 1 fully saturated rings. The predicted octanol–water partition coefficient (Wildman–Crippen LogP) is 4.71. The number of nitrogens with one attached hydrogen (secondary N) is 2. The number of tetrazole rings is 1. The van der Waals surface area contributed by atoms with E-state index in [4.69, 9.17) is 14.5 Å². The first-order valence-electron chi connectivity index (χ1n) is 18.6. The normalized spacial score (nSPS) is 15.0. The van der Waals surface area contributed by atoms with Crippen molar-refractivity contribution >= 4 is 52.1 Å².